The van der Waals surface area contributed by atoms with Gasteiger partial charge in [0, 0.05) is 18.5 Å². The fourth-order valence-electron chi connectivity index (χ4n) is 9.50. The molecule has 4 N–H and O–H groups in total. The van der Waals surface area contributed by atoms with Crippen LogP contribution in [0.1, 0.15) is 71.0 Å². The second kappa shape index (κ2) is 18.5. The average molecular weight is 845 g/mol. The van der Waals surface area contributed by atoms with Crippen LogP contribution in [0, 0.1) is 17.8 Å². The number of morpholine rings is 1. The lowest BCUT2D eigenvalue weighted by molar-refractivity contribution is -0.178. The summed E-state index contributed by atoms with van der Waals surface area (Å²) in [6.45, 7) is 5.21. The molecule has 12 nitrogen and oxygen atoms in total. The summed E-state index contributed by atoms with van der Waals surface area (Å²) in [6, 6.07) is 35.7. The van der Waals surface area contributed by atoms with Gasteiger partial charge in [-0.05, 0) is 65.1 Å². The zero-order valence-electron chi connectivity index (χ0n) is 34.7. The molecule has 320 valence electrons. The van der Waals surface area contributed by atoms with E-state index in [2.05, 4.69) is 29.1 Å². The molecule has 7 atom stereocenters. The summed E-state index contributed by atoms with van der Waals surface area (Å²) in [7, 11) is 0. The Bertz CT molecular complexity index is 2560. The van der Waals surface area contributed by atoms with Gasteiger partial charge in [-0.2, -0.15) is 0 Å². The fraction of sp³-hybridized carbons (Fsp3) is 0.255. The van der Waals surface area contributed by atoms with E-state index < -0.39 is 65.4 Å². The first-order valence-corrected chi connectivity index (χ1v) is 21.0. The van der Waals surface area contributed by atoms with E-state index in [4.69, 9.17) is 9.47 Å². The molecule has 0 aliphatic carbocycles. The molecule has 3 heterocycles. The van der Waals surface area contributed by atoms with E-state index in [9.17, 15) is 15.0 Å². The standard InChI is InChI=1S/C51H48N4O8/c1-3-27-52-47(58)42-44-48(59)63-45(37-21-11-6-12-22-37)43(36-19-9-5-10-20-36)55(44)46(38-23-15-24-39(32-38)62-30-29-57)51(42)40-31-34(16-13-14-28-56)25-26-41(40)54(49(51)60)50(61)53-33(2)35-17-7-4-8-18-35/h3-12,15,17-26,31-33,42-46,56-57H,1,14,27-30H2,2H3,(H,52,58)(H,53,61). The Morgan fingerprint density at radius 1 is 0.857 bits per heavy atom. The Hall–Kier alpha value is -7.04. The number of amides is 4. The van der Waals surface area contributed by atoms with Crippen LogP contribution in [-0.2, 0) is 24.5 Å². The number of carbonyl (C=O) groups is 4. The quantitative estimate of drug-likeness (QED) is 0.0650. The molecule has 0 bridgehead atoms. The second-order valence-corrected chi connectivity index (χ2v) is 15.7. The van der Waals surface area contributed by atoms with Crippen LogP contribution in [0.5, 0.6) is 5.75 Å². The molecule has 5 aromatic rings. The molecule has 0 radical (unpaired) electrons. The zero-order chi connectivity index (χ0) is 44.1. The molecular weight excluding hydrogens is 797 g/mol. The van der Waals surface area contributed by atoms with Crippen LogP contribution in [-0.4, -0.2) is 71.3 Å². The average Bonchev–Trinajstić information content (AvgIpc) is 3.77. The summed E-state index contributed by atoms with van der Waals surface area (Å²) in [5.41, 5.74) is 1.75. The highest BCUT2D eigenvalue weighted by atomic mass is 16.6. The number of carbonyl (C=O) groups excluding carboxylic acids is 4. The Labute approximate surface area is 366 Å². The topological polar surface area (TPSA) is 158 Å². The number of cyclic esters (lactones) is 1. The summed E-state index contributed by atoms with van der Waals surface area (Å²) in [5.74, 6) is 2.86. The number of rotatable bonds is 12. The molecule has 3 aliphatic heterocycles. The van der Waals surface area contributed by atoms with Crippen molar-refractivity contribution >= 4 is 29.5 Å². The number of urea groups is 1. The van der Waals surface area contributed by atoms with Gasteiger partial charge in [-0.15, -0.1) is 6.58 Å². The Balaban J connectivity index is 1.45. The van der Waals surface area contributed by atoms with E-state index in [-0.39, 0.29) is 38.5 Å². The fourth-order valence-corrected chi connectivity index (χ4v) is 9.50. The van der Waals surface area contributed by atoms with Crippen molar-refractivity contribution in [3.05, 3.63) is 179 Å². The van der Waals surface area contributed by atoms with E-state index in [0.717, 1.165) is 16.0 Å². The Morgan fingerprint density at radius 3 is 2.22 bits per heavy atom. The normalized spacial score (nSPS) is 22.8. The van der Waals surface area contributed by atoms with Crippen molar-refractivity contribution in [1.29, 1.82) is 0 Å². The number of imide groups is 1. The molecule has 4 amide bonds. The van der Waals surface area contributed by atoms with E-state index >= 15 is 14.4 Å². The molecule has 2 saturated heterocycles. The van der Waals surface area contributed by atoms with Crippen LogP contribution in [0.25, 0.3) is 0 Å². The minimum absolute atomic E-state index is 0.0155. The third-order valence-electron chi connectivity index (χ3n) is 12.0. The van der Waals surface area contributed by atoms with Crippen LogP contribution < -0.4 is 20.3 Å². The monoisotopic (exact) mass is 844 g/mol. The van der Waals surface area contributed by atoms with Crippen molar-refractivity contribution in [1.82, 2.24) is 15.5 Å². The van der Waals surface area contributed by atoms with Crippen molar-refractivity contribution in [2.75, 3.05) is 31.3 Å². The van der Waals surface area contributed by atoms with Crippen molar-refractivity contribution in [3.8, 4) is 17.6 Å². The smallest absolute Gasteiger partial charge is 0.329 e. The van der Waals surface area contributed by atoms with Crippen LogP contribution in [0.3, 0.4) is 0 Å². The third kappa shape index (κ3) is 7.76. The number of nitrogens with one attached hydrogen (secondary N) is 2. The number of esters is 1. The Morgan fingerprint density at radius 2 is 1.54 bits per heavy atom. The van der Waals surface area contributed by atoms with Gasteiger partial charge in [0.1, 0.15) is 29.9 Å². The largest absolute Gasteiger partial charge is 0.491 e. The highest BCUT2D eigenvalue weighted by molar-refractivity contribution is 6.24. The molecule has 7 unspecified atom stereocenters. The zero-order valence-corrected chi connectivity index (χ0v) is 34.7. The molecule has 5 aromatic carbocycles. The first-order chi connectivity index (χ1) is 30.7. The van der Waals surface area contributed by atoms with Gasteiger partial charge in [-0.3, -0.25) is 19.3 Å². The summed E-state index contributed by atoms with van der Waals surface area (Å²) >= 11 is 0. The summed E-state index contributed by atoms with van der Waals surface area (Å²) in [4.78, 5) is 64.7. The van der Waals surface area contributed by atoms with Gasteiger partial charge in [0.15, 0.2) is 0 Å². The maximum atomic E-state index is 16.3. The minimum atomic E-state index is -2.00. The van der Waals surface area contributed by atoms with Crippen LogP contribution >= 0.6 is 0 Å². The molecule has 0 saturated carbocycles. The number of fused-ring (bicyclic) bond motifs is 3. The molecule has 8 rings (SSSR count). The van der Waals surface area contributed by atoms with E-state index in [1.54, 1.807) is 36.4 Å². The highest BCUT2D eigenvalue weighted by Gasteiger charge is 2.75. The minimum Gasteiger partial charge on any atom is -0.491 e. The van der Waals surface area contributed by atoms with Crippen LogP contribution in [0.2, 0.25) is 0 Å². The van der Waals surface area contributed by atoms with Gasteiger partial charge in [-0.1, -0.05) is 121 Å². The van der Waals surface area contributed by atoms with Crippen molar-refractivity contribution in [3.63, 3.8) is 0 Å². The Kier molecular flexibility index (Phi) is 12.5. The lowest BCUT2D eigenvalue weighted by atomic mass is 9.65. The summed E-state index contributed by atoms with van der Waals surface area (Å²) in [6.07, 6.45) is 0.793. The summed E-state index contributed by atoms with van der Waals surface area (Å²) in [5, 5.41) is 25.3. The van der Waals surface area contributed by atoms with E-state index in [0.29, 0.717) is 28.0 Å². The number of aliphatic hydroxyl groups excluding tert-OH is 2. The van der Waals surface area contributed by atoms with Gasteiger partial charge in [-0.25, -0.2) is 9.69 Å². The van der Waals surface area contributed by atoms with E-state index in [1.807, 2.05) is 109 Å². The molecular formula is C51H48N4O8. The van der Waals surface area contributed by atoms with Crippen LogP contribution in [0.4, 0.5) is 10.5 Å². The predicted molar refractivity (Wildman–Crippen MR) is 236 cm³/mol. The molecule has 12 heteroatoms. The number of aliphatic hydroxyl groups is 2. The number of hydrogen-bond donors (Lipinski definition) is 4. The first-order valence-electron chi connectivity index (χ1n) is 21.0. The van der Waals surface area contributed by atoms with Gasteiger partial charge in [0.2, 0.25) is 11.8 Å². The highest BCUT2D eigenvalue weighted by Crippen LogP contribution is 2.66. The molecule has 1 spiro atoms. The van der Waals surface area contributed by atoms with Crippen molar-refractivity contribution in [2.45, 2.75) is 49.0 Å². The first kappa shape index (κ1) is 42.6. The third-order valence-corrected chi connectivity index (χ3v) is 12.0. The molecule has 2 fully saturated rings. The van der Waals surface area contributed by atoms with Gasteiger partial charge in [0.05, 0.1) is 42.9 Å². The predicted octanol–water partition coefficient (Wildman–Crippen LogP) is 6.23. The second-order valence-electron chi connectivity index (χ2n) is 15.7. The number of hydrogen-bond acceptors (Lipinski definition) is 9. The van der Waals surface area contributed by atoms with Crippen LogP contribution in [0.15, 0.2) is 146 Å². The summed E-state index contributed by atoms with van der Waals surface area (Å²) < 4.78 is 12.5. The van der Waals surface area contributed by atoms with Gasteiger partial charge < -0.3 is 30.3 Å². The number of anilines is 1. The van der Waals surface area contributed by atoms with E-state index in [1.165, 1.54) is 6.08 Å². The van der Waals surface area contributed by atoms with Crippen molar-refractivity contribution in [2.24, 2.45) is 5.92 Å². The van der Waals surface area contributed by atoms with Crippen molar-refractivity contribution < 1.29 is 38.9 Å². The molecule has 63 heavy (non-hydrogen) atoms. The maximum absolute atomic E-state index is 16.3. The number of nitrogens with zero attached hydrogens (tertiary/aromatic N) is 2. The maximum Gasteiger partial charge on any atom is 0.329 e. The molecule has 0 aromatic heterocycles. The van der Waals surface area contributed by atoms with Gasteiger partial charge in [0.25, 0.3) is 0 Å². The molecule has 3 aliphatic rings. The lowest BCUT2D eigenvalue weighted by Crippen LogP contribution is -2.56. The lowest BCUT2D eigenvalue weighted by Gasteiger charge is -2.46. The number of benzene rings is 5. The SMILES string of the molecule is C=CCNC(=O)C1C2C(=O)OC(c3ccccc3)C(c3ccccc3)N2C(c2cccc(OCCO)c2)C12C(=O)N(C(=O)NC(C)c1ccccc1)c1ccc(C#CCCO)cc12. The van der Waals surface area contributed by atoms with Gasteiger partial charge >= 0.3 is 12.0 Å². The number of ether oxygens (including phenoxy) is 2.